The van der Waals surface area contributed by atoms with Crippen molar-refractivity contribution in [3.8, 4) is 17.0 Å². The number of methoxy groups -OCH3 is 1. The molecule has 0 aliphatic heterocycles. The minimum atomic E-state index is -0.107. The lowest BCUT2D eigenvalue weighted by Gasteiger charge is -2.04. The molecule has 0 saturated heterocycles. The van der Waals surface area contributed by atoms with Crippen molar-refractivity contribution in [2.24, 2.45) is 0 Å². The summed E-state index contributed by atoms with van der Waals surface area (Å²) in [7, 11) is 1.63. The lowest BCUT2D eigenvalue weighted by atomic mass is 10.1. The van der Waals surface area contributed by atoms with Crippen LogP contribution in [0.15, 0.2) is 41.4 Å². The molecule has 6 nitrogen and oxygen atoms in total. The van der Waals surface area contributed by atoms with Crippen LogP contribution in [0, 0.1) is 13.8 Å². The number of benzene rings is 1. The Kier molecular flexibility index (Phi) is 5.85. The fraction of sp³-hybridized carbons (Fsp3) is 0.222. The third-order valence-electron chi connectivity index (χ3n) is 3.65. The molecule has 3 rings (SSSR count). The zero-order valence-electron chi connectivity index (χ0n) is 14.6. The molecule has 8 heteroatoms. The number of hydrogen-bond acceptors (Lipinski definition) is 7. The Morgan fingerprint density at radius 1 is 1.15 bits per heavy atom. The zero-order chi connectivity index (χ0) is 18.5. The number of thiazole rings is 1. The molecule has 0 unspecified atom stereocenters. The molecule has 0 atom stereocenters. The number of thioether (sulfide) groups is 1. The number of aromatic nitrogens is 3. The summed E-state index contributed by atoms with van der Waals surface area (Å²) in [5.41, 5.74) is 2.68. The molecule has 0 aliphatic carbocycles. The summed E-state index contributed by atoms with van der Waals surface area (Å²) in [6.45, 7) is 3.91. The number of amides is 1. The number of anilines is 1. The van der Waals surface area contributed by atoms with Crippen LogP contribution >= 0.6 is 23.1 Å². The first-order valence-electron chi connectivity index (χ1n) is 7.90. The van der Waals surface area contributed by atoms with Crippen LogP contribution in [-0.4, -0.2) is 34.0 Å². The number of aryl methyl sites for hydroxylation is 2. The van der Waals surface area contributed by atoms with E-state index in [0.29, 0.717) is 10.2 Å². The molecule has 1 aromatic carbocycles. The van der Waals surface area contributed by atoms with Crippen LogP contribution in [0.2, 0.25) is 0 Å². The van der Waals surface area contributed by atoms with E-state index in [0.717, 1.165) is 27.6 Å². The lowest BCUT2D eigenvalue weighted by molar-refractivity contribution is -0.113. The number of hydrogen-bond donors (Lipinski definition) is 1. The van der Waals surface area contributed by atoms with Crippen molar-refractivity contribution in [1.29, 1.82) is 0 Å². The Hall–Kier alpha value is -2.45. The SMILES string of the molecule is COc1ccc(-c2ccc(SCC(=O)Nc3nc(C)c(C)s3)nn2)cc1. The second-order valence-corrected chi connectivity index (χ2v) is 7.68. The van der Waals surface area contributed by atoms with Gasteiger partial charge in [0.25, 0.3) is 0 Å². The van der Waals surface area contributed by atoms with Gasteiger partial charge in [-0.05, 0) is 50.2 Å². The molecule has 0 saturated carbocycles. The van der Waals surface area contributed by atoms with Crippen LogP contribution in [-0.2, 0) is 4.79 Å². The highest BCUT2D eigenvalue weighted by molar-refractivity contribution is 7.99. The normalized spacial score (nSPS) is 10.6. The van der Waals surface area contributed by atoms with Gasteiger partial charge >= 0.3 is 0 Å². The second kappa shape index (κ2) is 8.29. The van der Waals surface area contributed by atoms with Gasteiger partial charge < -0.3 is 10.1 Å². The summed E-state index contributed by atoms with van der Waals surface area (Å²) < 4.78 is 5.15. The Labute approximate surface area is 160 Å². The van der Waals surface area contributed by atoms with Crippen molar-refractivity contribution in [2.45, 2.75) is 18.9 Å². The zero-order valence-corrected chi connectivity index (χ0v) is 16.3. The molecular formula is C18H18N4O2S2. The topological polar surface area (TPSA) is 77.0 Å². The second-order valence-electron chi connectivity index (χ2n) is 5.48. The van der Waals surface area contributed by atoms with Crippen molar-refractivity contribution in [2.75, 3.05) is 18.2 Å². The molecule has 0 spiro atoms. The van der Waals surface area contributed by atoms with Crippen LogP contribution in [0.1, 0.15) is 10.6 Å². The molecule has 3 aromatic rings. The summed E-state index contributed by atoms with van der Waals surface area (Å²) in [6, 6.07) is 11.4. The number of carbonyl (C=O) groups is 1. The number of nitrogens with zero attached hydrogens (tertiary/aromatic N) is 3. The predicted molar refractivity (Wildman–Crippen MR) is 105 cm³/mol. The number of ether oxygens (including phenoxy) is 1. The average molecular weight is 387 g/mol. The first-order chi connectivity index (χ1) is 12.5. The van der Waals surface area contributed by atoms with Gasteiger partial charge in [0.2, 0.25) is 5.91 Å². The van der Waals surface area contributed by atoms with Crippen LogP contribution in [0.25, 0.3) is 11.3 Å². The molecular weight excluding hydrogens is 368 g/mol. The van der Waals surface area contributed by atoms with Crippen molar-refractivity contribution in [3.05, 3.63) is 47.0 Å². The smallest absolute Gasteiger partial charge is 0.236 e. The van der Waals surface area contributed by atoms with Crippen LogP contribution in [0.4, 0.5) is 5.13 Å². The highest BCUT2D eigenvalue weighted by Crippen LogP contribution is 2.23. The van der Waals surface area contributed by atoms with Crippen molar-refractivity contribution < 1.29 is 9.53 Å². The molecule has 26 heavy (non-hydrogen) atoms. The maximum absolute atomic E-state index is 12.0. The summed E-state index contributed by atoms with van der Waals surface area (Å²) >= 11 is 2.82. The minimum Gasteiger partial charge on any atom is -0.497 e. The summed E-state index contributed by atoms with van der Waals surface area (Å²) in [5.74, 6) is 0.948. The van der Waals surface area contributed by atoms with Crippen LogP contribution in [0.5, 0.6) is 5.75 Å². The highest BCUT2D eigenvalue weighted by Gasteiger charge is 2.09. The lowest BCUT2D eigenvalue weighted by Crippen LogP contribution is -2.14. The third kappa shape index (κ3) is 4.59. The van der Waals surface area contributed by atoms with Gasteiger partial charge in [-0.3, -0.25) is 4.79 Å². The standard InChI is InChI=1S/C18H18N4O2S2/c1-11-12(2)26-18(19-11)20-16(23)10-25-17-9-8-15(21-22-17)13-4-6-14(24-3)7-5-13/h4-9H,10H2,1-3H3,(H,19,20,23). The van der Waals surface area contributed by atoms with Gasteiger partial charge in [0.1, 0.15) is 10.8 Å². The van der Waals surface area contributed by atoms with Gasteiger partial charge in [-0.15, -0.1) is 21.5 Å². The molecule has 0 aliphatic rings. The monoisotopic (exact) mass is 386 g/mol. The molecule has 0 fully saturated rings. The van der Waals surface area contributed by atoms with E-state index in [1.54, 1.807) is 7.11 Å². The summed E-state index contributed by atoms with van der Waals surface area (Å²) in [6.07, 6.45) is 0. The van der Waals surface area contributed by atoms with Crippen molar-refractivity contribution >= 4 is 34.1 Å². The van der Waals surface area contributed by atoms with Gasteiger partial charge in [0.05, 0.1) is 24.3 Å². The number of nitrogens with one attached hydrogen (secondary N) is 1. The molecule has 1 N–H and O–H groups in total. The minimum absolute atomic E-state index is 0.107. The Morgan fingerprint density at radius 3 is 2.50 bits per heavy atom. The molecule has 1 amide bonds. The van der Waals surface area contributed by atoms with Gasteiger partial charge in [-0.1, -0.05) is 11.8 Å². The van der Waals surface area contributed by atoms with Gasteiger partial charge in [0.15, 0.2) is 5.13 Å². The Morgan fingerprint density at radius 2 is 1.92 bits per heavy atom. The van der Waals surface area contributed by atoms with E-state index >= 15 is 0 Å². The molecule has 134 valence electrons. The van der Waals surface area contributed by atoms with Crippen molar-refractivity contribution in [1.82, 2.24) is 15.2 Å². The highest BCUT2D eigenvalue weighted by atomic mass is 32.2. The number of rotatable bonds is 6. The van der Waals surface area contributed by atoms with E-state index in [-0.39, 0.29) is 11.7 Å². The molecule has 2 aromatic heterocycles. The molecule has 0 bridgehead atoms. The van der Waals surface area contributed by atoms with E-state index in [9.17, 15) is 4.79 Å². The summed E-state index contributed by atoms with van der Waals surface area (Å²) in [4.78, 5) is 17.4. The first kappa shape index (κ1) is 18.3. The number of carbonyl (C=O) groups excluding carboxylic acids is 1. The van der Waals surface area contributed by atoms with E-state index < -0.39 is 0 Å². The van der Waals surface area contributed by atoms with Gasteiger partial charge in [-0.2, -0.15) is 0 Å². The fourth-order valence-electron chi connectivity index (χ4n) is 2.13. The summed E-state index contributed by atoms with van der Waals surface area (Å²) in [5, 5.41) is 12.5. The van der Waals surface area contributed by atoms with Crippen molar-refractivity contribution in [3.63, 3.8) is 0 Å². The van der Waals surface area contributed by atoms with E-state index in [4.69, 9.17) is 4.74 Å². The van der Waals surface area contributed by atoms with Crippen LogP contribution < -0.4 is 10.1 Å². The maximum atomic E-state index is 12.0. The first-order valence-corrected chi connectivity index (χ1v) is 9.70. The van der Waals surface area contributed by atoms with E-state index in [2.05, 4.69) is 20.5 Å². The van der Waals surface area contributed by atoms with E-state index in [1.807, 2.05) is 50.2 Å². The van der Waals surface area contributed by atoms with Gasteiger partial charge in [0, 0.05) is 10.4 Å². The van der Waals surface area contributed by atoms with Crippen LogP contribution in [0.3, 0.4) is 0 Å². The van der Waals surface area contributed by atoms with E-state index in [1.165, 1.54) is 23.1 Å². The Balaban J connectivity index is 1.56. The fourth-order valence-corrected chi connectivity index (χ4v) is 3.58. The molecule has 0 radical (unpaired) electrons. The quantitative estimate of drug-likeness (QED) is 0.646. The molecule has 2 heterocycles. The predicted octanol–water partition coefficient (Wildman–Crippen LogP) is 3.96. The van der Waals surface area contributed by atoms with Gasteiger partial charge in [-0.25, -0.2) is 4.98 Å². The maximum Gasteiger partial charge on any atom is 0.236 e. The Bertz CT molecular complexity index is 873. The average Bonchev–Trinajstić information content (AvgIpc) is 2.97. The largest absolute Gasteiger partial charge is 0.497 e. The third-order valence-corrected chi connectivity index (χ3v) is 5.56.